The van der Waals surface area contributed by atoms with Crippen molar-refractivity contribution < 1.29 is 23.7 Å². The molecule has 2 aromatic rings. The monoisotopic (exact) mass is 427 g/mol. The summed E-state index contributed by atoms with van der Waals surface area (Å²) in [4.78, 5) is 31.5. The number of hydrogen-bond acceptors (Lipinski definition) is 6. The third-order valence-corrected chi connectivity index (χ3v) is 5.94. The molecule has 0 saturated carbocycles. The maximum absolute atomic E-state index is 13.4. The van der Waals surface area contributed by atoms with Gasteiger partial charge in [-0.2, -0.15) is 0 Å². The number of rotatable bonds is 5. The molecule has 0 radical (unpaired) electrons. The zero-order chi connectivity index (χ0) is 22.2. The Morgan fingerprint density at radius 1 is 1.29 bits per heavy atom. The lowest BCUT2D eigenvalue weighted by Crippen LogP contribution is -2.54. The Hall–Kier alpha value is -3.49. The molecule has 2 heterocycles. The summed E-state index contributed by atoms with van der Waals surface area (Å²) in [5.74, 6) is -0.371. The summed E-state index contributed by atoms with van der Waals surface area (Å²) in [6.45, 7) is 2.48. The van der Waals surface area contributed by atoms with E-state index in [4.69, 9.17) is 9.57 Å². The quantitative estimate of drug-likeness (QED) is 0.531. The molecule has 2 aromatic carbocycles. The fraction of sp³-hybridized carbons (Fsp3) is 0.364. The summed E-state index contributed by atoms with van der Waals surface area (Å²) in [6, 6.07) is 10.3. The lowest BCUT2D eigenvalue weighted by molar-refractivity contribution is -0.385. The first-order valence-electron chi connectivity index (χ1n) is 9.99. The first kappa shape index (κ1) is 20.8. The molecule has 162 valence electrons. The minimum atomic E-state index is -1.10. The normalized spacial score (nSPS) is 21.6. The van der Waals surface area contributed by atoms with Crippen molar-refractivity contribution in [3.8, 4) is 5.75 Å². The molecule has 0 N–H and O–H groups in total. The van der Waals surface area contributed by atoms with Gasteiger partial charge < -0.3 is 14.5 Å². The Morgan fingerprint density at radius 3 is 2.71 bits per heavy atom. The summed E-state index contributed by atoms with van der Waals surface area (Å²) >= 11 is 0. The van der Waals surface area contributed by atoms with Gasteiger partial charge in [-0.25, -0.2) is 4.39 Å². The van der Waals surface area contributed by atoms with Crippen LogP contribution in [0.25, 0.3) is 0 Å². The van der Waals surface area contributed by atoms with Gasteiger partial charge in [-0.3, -0.25) is 14.9 Å². The van der Waals surface area contributed by atoms with Crippen molar-refractivity contribution in [3.63, 3.8) is 0 Å². The molecule has 2 aliphatic rings. The van der Waals surface area contributed by atoms with E-state index in [1.807, 2.05) is 6.92 Å². The van der Waals surface area contributed by atoms with Crippen LogP contribution in [0.4, 0.5) is 10.1 Å². The third kappa shape index (κ3) is 3.71. The number of benzene rings is 2. The second-order valence-electron chi connectivity index (χ2n) is 7.77. The van der Waals surface area contributed by atoms with Gasteiger partial charge in [0.15, 0.2) is 5.75 Å². The Kier molecular flexibility index (Phi) is 5.34. The minimum Gasteiger partial charge on any atom is -0.490 e. The van der Waals surface area contributed by atoms with Crippen molar-refractivity contribution in [2.75, 3.05) is 13.7 Å². The van der Waals surface area contributed by atoms with Crippen molar-refractivity contribution in [2.45, 2.75) is 37.8 Å². The number of ether oxygens (including phenoxy) is 1. The molecule has 4 rings (SSSR count). The molecule has 0 aromatic heterocycles. The van der Waals surface area contributed by atoms with Crippen LogP contribution in [0, 0.1) is 15.9 Å². The van der Waals surface area contributed by atoms with E-state index in [-0.39, 0.29) is 35.6 Å². The Morgan fingerprint density at radius 2 is 2.03 bits per heavy atom. The van der Waals surface area contributed by atoms with Crippen molar-refractivity contribution in [2.24, 2.45) is 5.16 Å². The zero-order valence-corrected chi connectivity index (χ0v) is 17.2. The largest absolute Gasteiger partial charge is 0.490 e. The number of amides is 1. The molecular weight excluding hydrogens is 405 g/mol. The highest BCUT2D eigenvalue weighted by Gasteiger charge is 2.51. The molecule has 1 amide bonds. The van der Waals surface area contributed by atoms with Crippen LogP contribution in [0.1, 0.15) is 43.4 Å². The van der Waals surface area contributed by atoms with Crippen molar-refractivity contribution in [1.82, 2.24) is 4.90 Å². The standard InChI is InChI=1S/C22H22FN3O5/c1-14(15-4-7-17(23)8-5-15)25-11-3-10-22(21(25)27)13-18(24-31-22)16-6-9-19(26(28)29)20(12-16)30-2/h4-9,12,14H,3,10-11,13H2,1-2H3. The fourth-order valence-electron chi connectivity index (χ4n) is 4.18. The number of nitro groups is 1. The van der Waals surface area contributed by atoms with Gasteiger partial charge in [0, 0.05) is 31.0 Å². The lowest BCUT2D eigenvalue weighted by atomic mass is 9.84. The van der Waals surface area contributed by atoms with Gasteiger partial charge in [0.2, 0.25) is 5.60 Å². The number of nitrogens with zero attached hydrogens (tertiary/aromatic N) is 3. The van der Waals surface area contributed by atoms with Gasteiger partial charge in [-0.05, 0) is 43.2 Å². The summed E-state index contributed by atoms with van der Waals surface area (Å²) in [6.07, 6.45) is 1.53. The number of hydrogen-bond donors (Lipinski definition) is 0. The Labute approximate surface area is 178 Å². The van der Waals surface area contributed by atoms with Crippen LogP contribution in [-0.4, -0.2) is 40.7 Å². The lowest BCUT2D eigenvalue weighted by Gasteiger charge is -2.40. The molecule has 8 nitrogen and oxygen atoms in total. The highest BCUT2D eigenvalue weighted by molar-refractivity contribution is 6.06. The number of oxime groups is 1. The van der Waals surface area contributed by atoms with E-state index in [0.29, 0.717) is 24.2 Å². The van der Waals surface area contributed by atoms with Crippen LogP contribution in [-0.2, 0) is 9.63 Å². The molecule has 2 aliphatic heterocycles. The molecule has 31 heavy (non-hydrogen) atoms. The zero-order valence-electron chi connectivity index (χ0n) is 17.2. The summed E-state index contributed by atoms with van der Waals surface area (Å²) in [7, 11) is 1.36. The van der Waals surface area contributed by atoms with Gasteiger partial charge in [0.05, 0.1) is 23.8 Å². The Bertz CT molecular complexity index is 1060. The molecule has 9 heteroatoms. The predicted octanol–water partition coefficient (Wildman–Crippen LogP) is 3.99. The molecule has 2 atom stereocenters. The van der Waals surface area contributed by atoms with Gasteiger partial charge >= 0.3 is 5.69 Å². The van der Waals surface area contributed by atoms with E-state index >= 15 is 0 Å². The van der Waals surface area contributed by atoms with E-state index in [1.165, 1.54) is 31.4 Å². The number of likely N-dealkylation sites (tertiary alicyclic amines) is 1. The Balaban J connectivity index is 1.55. The first-order chi connectivity index (χ1) is 14.8. The number of nitro benzene ring substituents is 1. The molecular formula is C22H22FN3O5. The second kappa shape index (κ2) is 7.98. The van der Waals surface area contributed by atoms with Gasteiger partial charge in [-0.15, -0.1) is 0 Å². The number of piperidine rings is 1. The molecule has 1 saturated heterocycles. The predicted molar refractivity (Wildman–Crippen MR) is 110 cm³/mol. The number of carbonyl (C=O) groups excluding carboxylic acids is 1. The SMILES string of the molecule is COc1cc(C2=NOC3(CCCN(C(C)c4ccc(F)cc4)C3=O)C2)ccc1[N+](=O)[O-]. The van der Waals surface area contributed by atoms with Crippen LogP contribution in [0.5, 0.6) is 5.75 Å². The van der Waals surface area contributed by atoms with Crippen molar-refractivity contribution in [1.29, 1.82) is 0 Å². The minimum absolute atomic E-state index is 0.118. The first-order valence-corrected chi connectivity index (χ1v) is 9.99. The van der Waals surface area contributed by atoms with Crippen molar-refractivity contribution in [3.05, 3.63) is 69.5 Å². The molecule has 0 bridgehead atoms. The molecule has 1 spiro atoms. The van der Waals surface area contributed by atoms with Crippen LogP contribution in [0.3, 0.4) is 0 Å². The second-order valence-corrected chi connectivity index (χ2v) is 7.77. The summed E-state index contributed by atoms with van der Waals surface area (Å²) < 4.78 is 18.4. The van der Waals surface area contributed by atoms with E-state index < -0.39 is 10.5 Å². The van der Waals surface area contributed by atoms with Crippen LogP contribution < -0.4 is 4.74 Å². The fourth-order valence-corrected chi connectivity index (χ4v) is 4.18. The van der Waals surface area contributed by atoms with E-state index in [0.717, 1.165) is 12.0 Å². The molecule has 0 aliphatic carbocycles. The molecule has 1 fully saturated rings. The maximum Gasteiger partial charge on any atom is 0.310 e. The van der Waals surface area contributed by atoms with Gasteiger partial charge in [0.1, 0.15) is 5.82 Å². The smallest absolute Gasteiger partial charge is 0.310 e. The molecule has 2 unspecified atom stereocenters. The van der Waals surface area contributed by atoms with E-state index in [9.17, 15) is 19.3 Å². The third-order valence-electron chi connectivity index (χ3n) is 5.94. The maximum atomic E-state index is 13.4. The topological polar surface area (TPSA) is 94.3 Å². The number of halogens is 1. The number of methoxy groups -OCH3 is 1. The summed E-state index contributed by atoms with van der Waals surface area (Å²) in [5.41, 5.74) is 0.741. The number of carbonyl (C=O) groups is 1. The van der Waals surface area contributed by atoms with E-state index in [2.05, 4.69) is 5.16 Å². The van der Waals surface area contributed by atoms with E-state index in [1.54, 1.807) is 23.1 Å². The van der Waals surface area contributed by atoms with Gasteiger partial charge in [-0.1, -0.05) is 17.3 Å². The average Bonchev–Trinajstić information content (AvgIpc) is 3.20. The highest BCUT2D eigenvalue weighted by atomic mass is 19.1. The van der Waals surface area contributed by atoms with Crippen molar-refractivity contribution >= 4 is 17.3 Å². The van der Waals surface area contributed by atoms with Gasteiger partial charge in [0.25, 0.3) is 5.91 Å². The highest BCUT2D eigenvalue weighted by Crippen LogP contribution is 2.39. The average molecular weight is 427 g/mol. The van der Waals surface area contributed by atoms with Crippen LogP contribution >= 0.6 is 0 Å². The van der Waals surface area contributed by atoms with Crippen LogP contribution in [0.15, 0.2) is 47.6 Å². The summed E-state index contributed by atoms with van der Waals surface area (Å²) in [5, 5.41) is 15.3. The van der Waals surface area contributed by atoms with Crippen LogP contribution in [0.2, 0.25) is 0 Å².